The van der Waals surface area contributed by atoms with E-state index in [1.54, 1.807) is 0 Å². The van der Waals surface area contributed by atoms with Crippen molar-refractivity contribution in [2.24, 2.45) is 0 Å². The molecule has 0 bridgehead atoms. The largest absolute Gasteiger partial charge is 0.480 e. The number of aromatic amines is 2. The fourth-order valence-electron chi connectivity index (χ4n) is 2.63. The summed E-state index contributed by atoms with van der Waals surface area (Å²) in [5.41, 5.74) is -1.38. The topological polar surface area (TPSA) is 130 Å². The maximum absolute atomic E-state index is 12.5. The highest BCUT2D eigenvalue weighted by Crippen LogP contribution is 2.18. The smallest absolute Gasteiger partial charge is 0.326 e. The molecule has 1 fully saturated rings. The lowest BCUT2D eigenvalue weighted by molar-refractivity contribution is 0.0519. The van der Waals surface area contributed by atoms with Gasteiger partial charge in [0.1, 0.15) is 11.8 Å². The number of hydrogen-bond acceptors (Lipinski definition) is 7. The molecule has 132 valence electrons. The van der Waals surface area contributed by atoms with E-state index in [4.69, 9.17) is 9.47 Å². The molecule has 3 rings (SSSR count). The predicted molar refractivity (Wildman–Crippen MR) is 85.8 cm³/mol. The first-order valence-electron chi connectivity index (χ1n) is 7.71. The van der Waals surface area contributed by atoms with Crippen LogP contribution in [0.5, 0.6) is 11.8 Å². The second-order valence-electron chi connectivity index (χ2n) is 5.53. The Labute approximate surface area is 141 Å². The number of rotatable bonds is 4. The quantitative estimate of drug-likeness (QED) is 0.765. The van der Waals surface area contributed by atoms with Crippen LogP contribution in [-0.2, 0) is 0 Å². The molecule has 1 aliphatic heterocycles. The number of likely N-dealkylation sites (tertiary alicyclic amines) is 1. The third-order valence-corrected chi connectivity index (χ3v) is 3.74. The molecule has 10 heteroatoms. The second kappa shape index (κ2) is 7.16. The maximum atomic E-state index is 12.5. The third kappa shape index (κ3) is 4.03. The molecule has 25 heavy (non-hydrogen) atoms. The zero-order valence-electron chi connectivity index (χ0n) is 13.5. The minimum Gasteiger partial charge on any atom is -0.480 e. The summed E-state index contributed by atoms with van der Waals surface area (Å²) < 4.78 is 10.8. The average molecular weight is 347 g/mol. The van der Waals surface area contributed by atoms with Crippen LogP contribution in [0.4, 0.5) is 0 Å². The first kappa shape index (κ1) is 16.7. The number of carbonyl (C=O) groups excluding carboxylic acids is 1. The van der Waals surface area contributed by atoms with Crippen LogP contribution >= 0.6 is 0 Å². The van der Waals surface area contributed by atoms with Crippen molar-refractivity contribution in [3.8, 4) is 11.8 Å². The number of ether oxygens (including phenoxy) is 2. The Morgan fingerprint density at radius 2 is 2.08 bits per heavy atom. The molecule has 0 saturated carbocycles. The van der Waals surface area contributed by atoms with Crippen molar-refractivity contribution in [1.29, 1.82) is 0 Å². The monoisotopic (exact) mass is 347 g/mol. The Morgan fingerprint density at radius 1 is 1.28 bits per heavy atom. The molecule has 0 spiro atoms. The Bertz CT molecular complexity index is 849. The molecule has 1 amide bonds. The highest BCUT2D eigenvalue weighted by atomic mass is 16.5. The zero-order valence-corrected chi connectivity index (χ0v) is 13.5. The van der Waals surface area contributed by atoms with Crippen LogP contribution in [0.1, 0.15) is 23.3 Å². The van der Waals surface area contributed by atoms with Crippen molar-refractivity contribution in [3.05, 3.63) is 45.0 Å². The molecule has 3 heterocycles. The van der Waals surface area contributed by atoms with Crippen LogP contribution in [0, 0.1) is 0 Å². The van der Waals surface area contributed by atoms with Crippen LogP contribution in [0.2, 0.25) is 0 Å². The minimum atomic E-state index is -0.715. The van der Waals surface area contributed by atoms with Crippen molar-refractivity contribution >= 4 is 5.91 Å². The highest BCUT2D eigenvalue weighted by molar-refractivity contribution is 5.92. The van der Waals surface area contributed by atoms with E-state index in [0.717, 1.165) is 18.9 Å². The number of piperidine rings is 1. The molecule has 10 nitrogen and oxygen atoms in total. The van der Waals surface area contributed by atoms with E-state index >= 15 is 0 Å². The summed E-state index contributed by atoms with van der Waals surface area (Å²) in [6.07, 6.45) is 4.13. The number of nitrogens with zero attached hydrogens (tertiary/aromatic N) is 3. The Morgan fingerprint density at radius 3 is 2.84 bits per heavy atom. The van der Waals surface area contributed by atoms with Crippen molar-refractivity contribution in [3.63, 3.8) is 0 Å². The molecule has 0 aliphatic carbocycles. The van der Waals surface area contributed by atoms with Crippen LogP contribution < -0.4 is 20.7 Å². The summed E-state index contributed by atoms with van der Waals surface area (Å²) in [5, 5.41) is 0. The van der Waals surface area contributed by atoms with E-state index in [9.17, 15) is 14.4 Å². The minimum absolute atomic E-state index is 0.0458. The van der Waals surface area contributed by atoms with Gasteiger partial charge >= 0.3 is 5.69 Å². The molecule has 1 saturated heterocycles. The zero-order chi connectivity index (χ0) is 17.8. The summed E-state index contributed by atoms with van der Waals surface area (Å²) in [7, 11) is 1.48. The van der Waals surface area contributed by atoms with Gasteiger partial charge in [0.25, 0.3) is 11.5 Å². The summed E-state index contributed by atoms with van der Waals surface area (Å²) in [6.45, 7) is 0.823. The normalized spacial score (nSPS) is 17.2. The van der Waals surface area contributed by atoms with Gasteiger partial charge in [0.2, 0.25) is 11.8 Å². The molecule has 2 N–H and O–H groups in total. The molecule has 1 atom stereocenters. The number of carbonyl (C=O) groups is 1. The van der Waals surface area contributed by atoms with Gasteiger partial charge < -0.3 is 19.4 Å². The number of amides is 1. The van der Waals surface area contributed by atoms with Crippen molar-refractivity contribution in [1.82, 2.24) is 24.8 Å². The van der Waals surface area contributed by atoms with Gasteiger partial charge in [-0.3, -0.25) is 19.6 Å². The van der Waals surface area contributed by atoms with E-state index in [1.807, 2.05) is 4.98 Å². The van der Waals surface area contributed by atoms with Crippen LogP contribution in [0.3, 0.4) is 0 Å². The van der Waals surface area contributed by atoms with E-state index in [-0.39, 0.29) is 11.8 Å². The lowest BCUT2D eigenvalue weighted by atomic mass is 10.1. The number of methoxy groups -OCH3 is 1. The van der Waals surface area contributed by atoms with Gasteiger partial charge in [-0.15, -0.1) is 0 Å². The van der Waals surface area contributed by atoms with Crippen LogP contribution in [0.15, 0.2) is 28.0 Å². The van der Waals surface area contributed by atoms with Gasteiger partial charge in [0.15, 0.2) is 0 Å². The number of H-pyrrole nitrogens is 2. The number of aromatic nitrogens is 4. The van der Waals surface area contributed by atoms with E-state index in [1.165, 1.54) is 24.4 Å². The molecule has 1 unspecified atom stereocenters. The number of nitrogens with one attached hydrogen (secondary N) is 2. The predicted octanol–water partition coefficient (Wildman–Crippen LogP) is -0.455. The molecule has 2 aromatic rings. The lowest BCUT2D eigenvalue weighted by Crippen LogP contribution is -2.45. The summed E-state index contributed by atoms with van der Waals surface area (Å²) >= 11 is 0. The van der Waals surface area contributed by atoms with E-state index in [2.05, 4.69) is 15.0 Å². The Balaban J connectivity index is 1.71. The van der Waals surface area contributed by atoms with Gasteiger partial charge in [-0.05, 0) is 12.8 Å². The van der Waals surface area contributed by atoms with Crippen LogP contribution in [-0.4, -0.2) is 57.0 Å². The van der Waals surface area contributed by atoms with Gasteiger partial charge in [0.05, 0.1) is 26.0 Å². The summed E-state index contributed by atoms with van der Waals surface area (Å²) in [6, 6.07) is 1.07. The SMILES string of the molecule is COc1cncc(OC2CCCN(C(=O)c3cc(=O)[nH]c(=O)[nH]3)C2)n1. The fraction of sp³-hybridized carbons (Fsp3) is 0.400. The van der Waals surface area contributed by atoms with Crippen LogP contribution in [0.25, 0.3) is 0 Å². The van der Waals surface area contributed by atoms with Crippen molar-refractivity contribution in [2.45, 2.75) is 18.9 Å². The Kier molecular flexibility index (Phi) is 4.78. The summed E-state index contributed by atoms with van der Waals surface area (Å²) in [5.74, 6) is 0.221. The fourth-order valence-corrected chi connectivity index (χ4v) is 2.63. The third-order valence-electron chi connectivity index (χ3n) is 3.74. The molecule has 1 aliphatic rings. The van der Waals surface area contributed by atoms with Gasteiger partial charge in [0, 0.05) is 12.6 Å². The standard InChI is InChI=1S/C15H17N5O5/c1-24-12-6-16-7-13(19-12)25-9-3-2-4-20(8-9)14(22)10-5-11(21)18-15(23)17-10/h5-7,9H,2-4,8H2,1H3,(H2,17,18,21,23). The second-order valence-corrected chi connectivity index (χ2v) is 5.53. The molecule has 0 aromatic carbocycles. The number of hydrogen-bond donors (Lipinski definition) is 2. The highest BCUT2D eigenvalue weighted by Gasteiger charge is 2.26. The van der Waals surface area contributed by atoms with Gasteiger partial charge in [-0.25, -0.2) is 4.79 Å². The molecular weight excluding hydrogens is 330 g/mol. The Hall–Kier alpha value is -3.17. The lowest BCUT2D eigenvalue weighted by Gasteiger charge is -2.32. The first-order valence-corrected chi connectivity index (χ1v) is 7.71. The van der Waals surface area contributed by atoms with E-state index < -0.39 is 17.2 Å². The van der Waals surface area contributed by atoms with Crippen molar-refractivity contribution < 1.29 is 14.3 Å². The molecular formula is C15H17N5O5. The van der Waals surface area contributed by atoms with Gasteiger partial charge in [-0.1, -0.05) is 0 Å². The van der Waals surface area contributed by atoms with Crippen molar-refractivity contribution in [2.75, 3.05) is 20.2 Å². The molecule has 2 aromatic heterocycles. The van der Waals surface area contributed by atoms with E-state index in [0.29, 0.717) is 24.8 Å². The van der Waals surface area contributed by atoms with Gasteiger partial charge in [-0.2, -0.15) is 4.98 Å². The average Bonchev–Trinajstić information content (AvgIpc) is 2.60. The summed E-state index contributed by atoms with van der Waals surface area (Å²) in [4.78, 5) is 49.2. The first-order chi connectivity index (χ1) is 12.0. The molecule has 0 radical (unpaired) electrons. The maximum Gasteiger partial charge on any atom is 0.326 e.